The molecule has 1 saturated heterocycles. The molecule has 3 heterocycles. The number of ether oxygens (including phenoxy) is 2. The van der Waals surface area contributed by atoms with Gasteiger partial charge in [-0.05, 0) is 46.2 Å². The topological polar surface area (TPSA) is 91.9 Å². The van der Waals surface area contributed by atoms with Gasteiger partial charge in [0.1, 0.15) is 17.2 Å². The molecule has 4 rings (SSSR count). The zero-order valence-corrected chi connectivity index (χ0v) is 20.2. The zero-order chi connectivity index (χ0) is 23.6. The Labute approximate surface area is 195 Å². The van der Waals surface area contributed by atoms with Crippen molar-refractivity contribution in [2.24, 2.45) is 0 Å². The third kappa shape index (κ3) is 5.58. The summed E-state index contributed by atoms with van der Waals surface area (Å²) in [5, 5.41) is 6.44. The largest absolute Gasteiger partial charge is 0.491 e. The number of nitrogens with one attached hydrogen (secondary N) is 2. The van der Waals surface area contributed by atoms with Crippen molar-refractivity contribution in [2.45, 2.75) is 46.1 Å². The Bertz CT molecular complexity index is 1020. The third-order valence-corrected chi connectivity index (χ3v) is 5.62. The van der Waals surface area contributed by atoms with E-state index in [4.69, 9.17) is 9.47 Å². The lowest BCUT2D eigenvalue weighted by Crippen LogP contribution is -2.39. The smallest absolute Gasteiger partial charge is 0.410 e. The summed E-state index contributed by atoms with van der Waals surface area (Å²) in [7, 11) is 1.84. The van der Waals surface area contributed by atoms with Gasteiger partial charge < -0.3 is 29.9 Å². The van der Waals surface area contributed by atoms with Crippen LogP contribution in [-0.2, 0) is 11.2 Å². The molecule has 33 heavy (non-hydrogen) atoms. The molecule has 2 aromatic rings. The lowest BCUT2D eigenvalue weighted by molar-refractivity contribution is 0.0263. The Hall–Kier alpha value is -3.23. The van der Waals surface area contributed by atoms with E-state index in [1.165, 1.54) is 5.56 Å². The fourth-order valence-corrected chi connectivity index (χ4v) is 4.14. The number of amides is 1. The fourth-order valence-electron chi connectivity index (χ4n) is 4.14. The van der Waals surface area contributed by atoms with Crippen LogP contribution in [0.4, 0.5) is 27.9 Å². The summed E-state index contributed by atoms with van der Waals surface area (Å²) in [6.45, 7) is 11.1. The second kappa shape index (κ2) is 9.33. The van der Waals surface area contributed by atoms with E-state index in [1.807, 2.05) is 40.8 Å². The highest BCUT2D eigenvalue weighted by Gasteiger charge is 2.27. The second-order valence-electron chi connectivity index (χ2n) is 9.48. The average molecular weight is 455 g/mol. The molecule has 1 amide bonds. The summed E-state index contributed by atoms with van der Waals surface area (Å²) in [4.78, 5) is 25.7. The maximum absolute atomic E-state index is 12.6. The normalized spacial score (nSPS) is 16.0. The van der Waals surface area contributed by atoms with Gasteiger partial charge in [0, 0.05) is 62.7 Å². The summed E-state index contributed by atoms with van der Waals surface area (Å²) in [5.41, 5.74) is 3.53. The summed E-state index contributed by atoms with van der Waals surface area (Å²) < 4.78 is 11.6. The molecule has 0 atom stereocenters. The molecule has 1 aromatic carbocycles. The molecule has 0 bridgehead atoms. The molecule has 0 radical (unpaired) electrons. The van der Waals surface area contributed by atoms with Crippen LogP contribution < -0.4 is 20.3 Å². The third-order valence-electron chi connectivity index (χ3n) is 5.62. The van der Waals surface area contributed by atoms with Gasteiger partial charge in [-0.1, -0.05) is 0 Å². The first-order valence-corrected chi connectivity index (χ1v) is 11.5. The number of hydrogen-bond donors (Lipinski definition) is 2. The number of carbonyl (C=O) groups is 1. The molecule has 2 aliphatic heterocycles. The van der Waals surface area contributed by atoms with Gasteiger partial charge in [0.05, 0.1) is 12.3 Å². The second-order valence-corrected chi connectivity index (χ2v) is 9.48. The van der Waals surface area contributed by atoms with Crippen molar-refractivity contribution in [2.75, 3.05) is 55.4 Å². The van der Waals surface area contributed by atoms with Crippen LogP contribution in [0.2, 0.25) is 0 Å². The number of hydrogen-bond acceptors (Lipinski definition) is 8. The molecule has 2 aliphatic rings. The van der Waals surface area contributed by atoms with Gasteiger partial charge in [0.15, 0.2) is 0 Å². The summed E-state index contributed by atoms with van der Waals surface area (Å²) >= 11 is 0. The van der Waals surface area contributed by atoms with Crippen LogP contribution in [-0.4, -0.2) is 66.4 Å². The van der Waals surface area contributed by atoms with Gasteiger partial charge in [-0.25, -0.2) is 9.78 Å². The molecule has 178 valence electrons. The summed E-state index contributed by atoms with van der Waals surface area (Å²) in [5.74, 6) is 2.26. The van der Waals surface area contributed by atoms with Crippen molar-refractivity contribution in [3.05, 3.63) is 29.5 Å². The van der Waals surface area contributed by atoms with Crippen LogP contribution in [0, 0.1) is 6.92 Å². The predicted octanol–water partition coefficient (Wildman–Crippen LogP) is 3.95. The molecule has 9 heteroatoms. The Morgan fingerprint density at radius 1 is 1.12 bits per heavy atom. The Morgan fingerprint density at radius 3 is 2.70 bits per heavy atom. The molecule has 0 saturated carbocycles. The van der Waals surface area contributed by atoms with E-state index < -0.39 is 5.60 Å². The highest BCUT2D eigenvalue weighted by atomic mass is 16.6. The Kier molecular flexibility index (Phi) is 6.49. The number of anilines is 4. The van der Waals surface area contributed by atoms with Crippen molar-refractivity contribution in [3.63, 3.8) is 0 Å². The van der Waals surface area contributed by atoms with E-state index in [2.05, 4.69) is 37.6 Å². The monoisotopic (exact) mass is 454 g/mol. The standard InChI is InChI=1S/C24H34N6O3/c1-16-13-20(25-5)28-22(26-16)27-18-14-17-7-12-32-21(17)19(15-18)29-8-6-9-30(11-10-29)23(31)33-24(2,3)4/h13-15H,6-12H2,1-5H3,(H2,25,26,27,28). The molecule has 9 nitrogen and oxygen atoms in total. The minimum absolute atomic E-state index is 0.252. The summed E-state index contributed by atoms with van der Waals surface area (Å²) in [6.07, 6.45) is 1.47. The lowest BCUT2D eigenvalue weighted by Gasteiger charge is -2.27. The molecule has 1 fully saturated rings. The predicted molar refractivity (Wildman–Crippen MR) is 130 cm³/mol. The molecule has 0 aliphatic carbocycles. The van der Waals surface area contributed by atoms with Crippen LogP contribution >= 0.6 is 0 Å². The molecule has 1 aromatic heterocycles. The number of nitrogens with zero attached hydrogens (tertiary/aromatic N) is 4. The van der Waals surface area contributed by atoms with Gasteiger partial charge in [0.2, 0.25) is 5.95 Å². The zero-order valence-electron chi connectivity index (χ0n) is 20.2. The van der Waals surface area contributed by atoms with Gasteiger partial charge in [-0.3, -0.25) is 0 Å². The van der Waals surface area contributed by atoms with Crippen LogP contribution in [0.3, 0.4) is 0 Å². The maximum atomic E-state index is 12.6. The van der Waals surface area contributed by atoms with Gasteiger partial charge in [-0.2, -0.15) is 4.98 Å². The van der Waals surface area contributed by atoms with Crippen molar-refractivity contribution < 1.29 is 14.3 Å². The first-order chi connectivity index (χ1) is 15.7. The van der Waals surface area contributed by atoms with Crippen LogP contribution in [0.25, 0.3) is 0 Å². The minimum atomic E-state index is -0.497. The first-order valence-electron chi connectivity index (χ1n) is 11.5. The van der Waals surface area contributed by atoms with E-state index >= 15 is 0 Å². The number of benzene rings is 1. The molecular formula is C24H34N6O3. The van der Waals surface area contributed by atoms with Crippen molar-refractivity contribution in [3.8, 4) is 5.75 Å². The molecule has 2 N–H and O–H groups in total. The van der Waals surface area contributed by atoms with Crippen LogP contribution in [0.5, 0.6) is 5.75 Å². The Morgan fingerprint density at radius 2 is 1.94 bits per heavy atom. The van der Waals surface area contributed by atoms with Gasteiger partial charge in [-0.15, -0.1) is 0 Å². The number of aromatic nitrogens is 2. The quantitative estimate of drug-likeness (QED) is 0.718. The number of aryl methyl sites for hydroxylation is 1. The molecular weight excluding hydrogens is 420 g/mol. The van der Waals surface area contributed by atoms with Crippen molar-refractivity contribution in [1.82, 2.24) is 14.9 Å². The lowest BCUT2D eigenvalue weighted by atomic mass is 10.1. The highest BCUT2D eigenvalue weighted by molar-refractivity contribution is 5.73. The van der Waals surface area contributed by atoms with E-state index in [9.17, 15) is 4.79 Å². The van der Waals surface area contributed by atoms with Crippen LogP contribution in [0.1, 0.15) is 38.4 Å². The van der Waals surface area contributed by atoms with E-state index in [1.54, 1.807) is 4.90 Å². The van der Waals surface area contributed by atoms with Gasteiger partial charge in [0.25, 0.3) is 0 Å². The SMILES string of the molecule is CNc1cc(C)nc(Nc2cc3c(c(N4CCCN(C(=O)OC(C)(C)C)CC4)c2)OCC3)n1. The number of carbonyl (C=O) groups excluding carboxylic acids is 1. The van der Waals surface area contributed by atoms with Crippen molar-refractivity contribution >= 4 is 29.2 Å². The minimum Gasteiger partial charge on any atom is -0.491 e. The maximum Gasteiger partial charge on any atom is 0.410 e. The number of fused-ring (bicyclic) bond motifs is 1. The van der Waals surface area contributed by atoms with Crippen LogP contribution in [0.15, 0.2) is 18.2 Å². The molecule has 0 unspecified atom stereocenters. The van der Waals surface area contributed by atoms with E-state index in [0.717, 1.165) is 48.0 Å². The average Bonchev–Trinajstić information content (AvgIpc) is 3.06. The fraction of sp³-hybridized carbons (Fsp3) is 0.542. The number of rotatable bonds is 4. The van der Waals surface area contributed by atoms with E-state index in [-0.39, 0.29) is 6.09 Å². The van der Waals surface area contributed by atoms with Crippen molar-refractivity contribution in [1.29, 1.82) is 0 Å². The highest BCUT2D eigenvalue weighted by Crippen LogP contribution is 2.40. The molecule has 0 spiro atoms. The Balaban J connectivity index is 1.55. The summed E-state index contributed by atoms with van der Waals surface area (Å²) in [6, 6.07) is 6.11. The van der Waals surface area contributed by atoms with Gasteiger partial charge >= 0.3 is 6.09 Å². The van der Waals surface area contributed by atoms with E-state index in [0.29, 0.717) is 32.2 Å². The first kappa shape index (κ1) is 22.9.